The Hall–Kier alpha value is -1.95. The van der Waals surface area contributed by atoms with Crippen LogP contribution in [0.1, 0.15) is 12.0 Å². The Morgan fingerprint density at radius 3 is 2.88 bits per heavy atom. The molecule has 84 valence electrons. The number of hydrogen-bond acceptors (Lipinski definition) is 3. The molecule has 0 saturated heterocycles. The lowest BCUT2D eigenvalue weighted by molar-refractivity contribution is 0.406. The summed E-state index contributed by atoms with van der Waals surface area (Å²) in [5.74, 6) is 0.422. The summed E-state index contributed by atoms with van der Waals surface area (Å²) in [6.45, 7) is 0.729. The van der Waals surface area contributed by atoms with Gasteiger partial charge in [0.1, 0.15) is 0 Å². The van der Waals surface area contributed by atoms with Gasteiger partial charge in [0.25, 0.3) is 0 Å². The van der Waals surface area contributed by atoms with Gasteiger partial charge in [0.05, 0.1) is 7.11 Å². The van der Waals surface area contributed by atoms with Crippen molar-refractivity contribution in [3.8, 4) is 18.2 Å². The van der Waals surface area contributed by atoms with Gasteiger partial charge in [-0.3, -0.25) is 4.79 Å². The van der Waals surface area contributed by atoms with E-state index in [0.29, 0.717) is 5.75 Å². The molecule has 0 aliphatic heterocycles. The second-order valence-electron chi connectivity index (χ2n) is 3.32. The van der Waals surface area contributed by atoms with Gasteiger partial charge >= 0.3 is 0 Å². The minimum absolute atomic E-state index is 0.0904. The molecule has 0 aliphatic carbocycles. The fourth-order valence-corrected chi connectivity index (χ4v) is 1.49. The first-order valence-corrected chi connectivity index (χ1v) is 5.14. The molecular formula is C13H15NO2. The van der Waals surface area contributed by atoms with Crippen LogP contribution in [0.3, 0.4) is 0 Å². The molecule has 1 aromatic carbocycles. The molecule has 0 amide bonds. The first kappa shape index (κ1) is 12.1. The van der Waals surface area contributed by atoms with Crippen molar-refractivity contribution in [1.29, 1.82) is 0 Å². The lowest BCUT2D eigenvalue weighted by Gasteiger charge is -2.04. The predicted octanol–water partition coefficient (Wildman–Crippen LogP) is 1.17. The van der Waals surface area contributed by atoms with Crippen molar-refractivity contribution in [2.24, 2.45) is 0 Å². The van der Waals surface area contributed by atoms with Crippen LogP contribution in [-0.2, 0) is 6.42 Å². The molecule has 0 atom stereocenters. The molecule has 0 spiro atoms. The van der Waals surface area contributed by atoms with Crippen molar-refractivity contribution in [3.63, 3.8) is 0 Å². The zero-order valence-electron chi connectivity index (χ0n) is 9.32. The summed E-state index contributed by atoms with van der Waals surface area (Å²) in [6, 6.07) is 9.32. The van der Waals surface area contributed by atoms with Crippen LogP contribution in [-0.4, -0.2) is 13.7 Å². The molecule has 1 N–H and O–H groups in total. The third-order valence-corrected chi connectivity index (χ3v) is 2.23. The van der Waals surface area contributed by atoms with Gasteiger partial charge in [0, 0.05) is 12.6 Å². The topological polar surface area (TPSA) is 38.3 Å². The minimum atomic E-state index is -0.0904. The SMILES string of the molecule is C#CNCCCc1ccccc(=O)c1OC. The third-order valence-electron chi connectivity index (χ3n) is 2.23. The highest BCUT2D eigenvalue weighted by Gasteiger charge is 2.04. The summed E-state index contributed by atoms with van der Waals surface area (Å²) in [6.07, 6.45) is 6.70. The first-order chi connectivity index (χ1) is 7.79. The van der Waals surface area contributed by atoms with E-state index in [1.807, 2.05) is 12.1 Å². The third kappa shape index (κ3) is 3.32. The Morgan fingerprint density at radius 1 is 1.44 bits per heavy atom. The Labute approximate surface area is 95.5 Å². The maximum Gasteiger partial charge on any atom is 0.220 e. The monoisotopic (exact) mass is 217 g/mol. The van der Waals surface area contributed by atoms with Crippen LogP contribution in [0.2, 0.25) is 0 Å². The van der Waals surface area contributed by atoms with Gasteiger partial charge in [-0.15, -0.1) is 0 Å². The number of terminal acetylenes is 1. The highest BCUT2D eigenvalue weighted by molar-refractivity contribution is 5.32. The van der Waals surface area contributed by atoms with Crippen LogP contribution in [0, 0.1) is 12.5 Å². The number of methoxy groups -OCH3 is 1. The van der Waals surface area contributed by atoms with E-state index in [1.54, 1.807) is 6.07 Å². The van der Waals surface area contributed by atoms with E-state index in [2.05, 4.69) is 11.4 Å². The molecule has 0 bridgehead atoms. The summed E-state index contributed by atoms with van der Waals surface area (Å²) in [5.41, 5.74) is 0.823. The van der Waals surface area contributed by atoms with Gasteiger partial charge < -0.3 is 10.1 Å². The maximum absolute atomic E-state index is 11.6. The molecule has 1 rings (SSSR count). The van der Waals surface area contributed by atoms with Crippen LogP contribution in [0.15, 0.2) is 29.1 Å². The summed E-state index contributed by atoms with van der Waals surface area (Å²) in [7, 11) is 1.51. The maximum atomic E-state index is 11.6. The number of hydrogen-bond donors (Lipinski definition) is 1. The number of rotatable bonds is 5. The lowest BCUT2D eigenvalue weighted by Crippen LogP contribution is -2.09. The number of ether oxygens (including phenoxy) is 1. The fourth-order valence-electron chi connectivity index (χ4n) is 1.49. The second kappa shape index (κ2) is 6.52. The zero-order valence-corrected chi connectivity index (χ0v) is 9.32. The summed E-state index contributed by atoms with van der Waals surface area (Å²) >= 11 is 0. The van der Waals surface area contributed by atoms with Gasteiger partial charge in [-0.1, -0.05) is 24.6 Å². The Kier molecular flexibility index (Phi) is 4.94. The van der Waals surface area contributed by atoms with E-state index in [1.165, 1.54) is 13.2 Å². The van der Waals surface area contributed by atoms with E-state index in [-0.39, 0.29) is 5.43 Å². The standard InChI is InChI=1S/C13H15NO2/c1-3-14-10-6-8-11-7-4-5-9-12(15)13(11)16-2/h1,4-5,7,9,14H,6,8,10H2,2H3. The molecular weight excluding hydrogens is 202 g/mol. The predicted molar refractivity (Wildman–Crippen MR) is 64.4 cm³/mol. The van der Waals surface area contributed by atoms with Crippen LogP contribution in [0.5, 0.6) is 5.75 Å². The van der Waals surface area contributed by atoms with Crippen molar-refractivity contribution in [2.45, 2.75) is 12.8 Å². The molecule has 0 heterocycles. The molecule has 1 aromatic rings. The number of nitrogens with one attached hydrogen (secondary N) is 1. The molecule has 0 fully saturated rings. The van der Waals surface area contributed by atoms with Crippen molar-refractivity contribution in [3.05, 3.63) is 40.1 Å². The minimum Gasteiger partial charge on any atom is -0.492 e. The Balaban J connectivity index is 2.80. The van der Waals surface area contributed by atoms with Gasteiger partial charge in [-0.2, -0.15) is 0 Å². The normalized spacial score (nSPS) is 9.25. The van der Waals surface area contributed by atoms with Crippen molar-refractivity contribution in [1.82, 2.24) is 5.32 Å². The van der Waals surface area contributed by atoms with E-state index in [0.717, 1.165) is 24.9 Å². The van der Waals surface area contributed by atoms with E-state index in [4.69, 9.17) is 11.2 Å². The molecule has 0 radical (unpaired) electrons. The molecule has 0 aromatic heterocycles. The van der Waals surface area contributed by atoms with E-state index >= 15 is 0 Å². The van der Waals surface area contributed by atoms with Crippen LogP contribution in [0.4, 0.5) is 0 Å². The Morgan fingerprint density at radius 2 is 2.19 bits per heavy atom. The quantitative estimate of drug-likeness (QED) is 0.457. The average molecular weight is 217 g/mol. The van der Waals surface area contributed by atoms with Gasteiger partial charge in [0.15, 0.2) is 5.75 Å². The first-order valence-electron chi connectivity index (χ1n) is 5.14. The molecule has 16 heavy (non-hydrogen) atoms. The highest BCUT2D eigenvalue weighted by atomic mass is 16.5. The summed E-state index contributed by atoms with van der Waals surface area (Å²) in [4.78, 5) is 11.6. The number of aryl methyl sites for hydroxylation is 1. The Bertz CT molecular complexity index is 435. The smallest absolute Gasteiger partial charge is 0.220 e. The largest absolute Gasteiger partial charge is 0.492 e. The van der Waals surface area contributed by atoms with Gasteiger partial charge in [0.2, 0.25) is 5.43 Å². The van der Waals surface area contributed by atoms with Crippen molar-refractivity contribution < 1.29 is 4.74 Å². The van der Waals surface area contributed by atoms with E-state index < -0.39 is 0 Å². The average Bonchev–Trinajstić information content (AvgIpc) is 2.46. The van der Waals surface area contributed by atoms with Gasteiger partial charge in [-0.05, 0) is 24.5 Å². The van der Waals surface area contributed by atoms with E-state index in [9.17, 15) is 4.79 Å². The fraction of sp³-hybridized carbons (Fsp3) is 0.308. The van der Waals surface area contributed by atoms with Crippen LogP contribution in [0.25, 0.3) is 0 Å². The summed E-state index contributed by atoms with van der Waals surface area (Å²) < 4.78 is 5.12. The molecule has 3 nitrogen and oxygen atoms in total. The van der Waals surface area contributed by atoms with Gasteiger partial charge in [-0.25, -0.2) is 0 Å². The zero-order chi connectivity index (χ0) is 11.8. The van der Waals surface area contributed by atoms with Crippen molar-refractivity contribution in [2.75, 3.05) is 13.7 Å². The second-order valence-corrected chi connectivity index (χ2v) is 3.32. The van der Waals surface area contributed by atoms with Crippen LogP contribution < -0.4 is 15.5 Å². The molecule has 0 saturated carbocycles. The molecule has 0 unspecified atom stereocenters. The lowest BCUT2D eigenvalue weighted by atomic mass is 10.1. The highest BCUT2D eigenvalue weighted by Crippen LogP contribution is 2.12. The van der Waals surface area contributed by atoms with Crippen LogP contribution >= 0.6 is 0 Å². The molecule has 0 aliphatic rings. The van der Waals surface area contributed by atoms with Crippen molar-refractivity contribution >= 4 is 0 Å². The molecule has 3 heteroatoms. The summed E-state index contributed by atoms with van der Waals surface area (Å²) in [5, 5.41) is 2.79.